The van der Waals surface area contributed by atoms with E-state index in [0.29, 0.717) is 6.54 Å². The Morgan fingerprint density at radius 3 is 2.55 bits per heavy atom. The zero-order valence-electron chi connectivity index (χ0n) is 13.6. The van der Waals surface area contributed by atoms with Gasteiger partial charge in [0.1, 0.15) is 0 Å². The maximum atomic E-state index is 12.5. The Kier molecular flexibility index (Phi) is 4.92. The largest absolute Gasteiger partial charge is 0.312 e. The number of nitrogens with one attached hydrogen (secondary N) is 1. The number of hydrogen-bond donors (Lipinski definition) is 1. The predicted octanol–water partition coefficient (Wildman–Crippen LogP) is 2.31. The molecule has 22 heavy (non-hydrogen) atoms. The van der Waals surface area contributed by atoms with Gasteiger partial charge in [-0.2, -0.15) is 0 Å². The third-order valence-electron chi connectivity index (χ3n) is 4.20. The van der Waals surface area contributed by atoms with Crippen molar-refractivity contribution in [3.05, 3.63) is 23.8 Å². The van der Waals surface area contributed by atoms with Crippen LogP contribution in [-0.4, -0.2) is 26.9 Å². The van der Waals surface area contributed by atoms with Crippen molar-refractivity contribution in [2.45, 2.75) is 51.5 Å². The summed E-state index contributed by atoms with van der Waals surface area (Å²) in [5.41, 5.74) is 1.75. The molecule has 0 fully saturated rings. The van der Waals surface area contributed by atoms with E-state index in [2.05, 4.69) is 4.72 Å². The van der Waals surface area contributed by atoms with Crippen molar-refractivity contribution in [2.24, 2.45) is 5.92 Å². The van der Waals surface area contributed by atoms with Gasteiger partial charge < -0.3 is 4.90 Å². The van der Waals surface area contributed by atoms with Crippen LogP contribution in [0.5, 0.6) is 0 Å². The Labute approximate surface area is 132 Å². The summed E-state index contributed by atoms with van der Waals surface area (Å²) in [6.07, 6.45) is 1.65. The molecular formula is C16H24N2O3S. The van der Waals surface area contributed by atoms with Crippen LogP contribution in [0.3, 0.4) is 0 Å². The van der Waals surface area contributed by atoms with E-state index < -0.39 is 10.0 Å². The van der Waals surface area contributed by atoms with Crippen LogP contribution in [0.15, 0.2) is 23.1 Å². The Hall–Kier alpha value is -1.40. The maximum Gasteiger partial charge on any atom is 0.240 e. The van der Waals surface area contributed by atoms with Gasteiger partial charge in [-0.15, -0.1) is 0 Å². The third kappa shape index (κ3) is 3.50. The lowest BCUT2D eigenvalue weighted by Crippen LogP contribution is -2.36. The van der Waals surface area contributed by atoms with Crippen molar-refractivity contribution >= 4 is 21.6 Å². The molecule has 1 aromatic rings. The summed E-state index contributed by atoms with van der Waals surface area (Å²) in [7, 11) is -3.53. The molecule has 0 saturated carbocycles. The fourth-order valence-electron chi connectivity index (χ4n) is 2.52. The minimum Gasteiger partial charge on any atom is -0.312 e. The number of carbonyl (C=O) groups excluding carboxylic acids is 1. The fourth-order valence-corrected chi connectivity index (χ4v) is 3.96. The van der Waals surface area contributed by atoms with Gasteiger partial charge in [0.15, 0.2) is 0 Å². The third-order valence-corrected chi connectivity index (χ3v) is 5.76. The molecule has 0 aromatic heterocycles. The van der Waals surface area contributed by atoms with Crippen LogP contribution in [0.4, 0.5) is 5.69 Å². The van der Waals surface area contributed by atoms with E-state index in [-0.39, 0.29) is 22.8 Å². The molecule has 0 spiro atoms. The summed E-state index contributed by atoms with van der Waals surface area (Å²) in [6.45, 7) is 8.04. The number of carbonyl (C=O) groups is 1. The molecule has 6 heteroatoms. The highest BCUT2D eigenvalue weighted by Crippen LogP contribution is 2.29. The van der Waals surface area contributed by atoms with E-state index in [1.165, 1.54) is 6.92 Å². The van der Waals surface area contributed by atoms with Gasteiger partial charge >= 0.3 is 0 Å². The molecule has 0 radical (unpaired) electrons. The number of benzene rings is 1. The van der Waals surface area contributed by atoms with Gasteiger partial charge in [0.25, 0.3) is 0 Å². The fraction of sp³-hybridized carbons (Fsp3) is 0.562. The van der Waals surface area contributed by atoms with Crippen molar-refractivity contribution in [1.82, 2.24) is 4.72 Å². The minimum absolute atomic E-state index is 0.0110. The lowest BCUT2D eigenvalue weighted by atomic mass is 10.0. The van der Waals surface area contributed by atoms with Crippen molar-refractivity contribution in [2.75, 3.05) is 11.4 Å². The van der Waals surface area contributed by atoms with Gasteiger partial charge in [0.2, 0.25) is 15.9 Å². The van der Waals surface area contributed by atoms with E-state index in [1.54, 1.807) is 23.1 Å². The SMILES string of the molecule is CC(=O)N1CCCc2cc(S(=O)(=O)NC(C)C(C)C)ccc21. The summed E-state index contributed by atoms with van der Waals surface area (Å²) in [6, 6.07) is 4.88. The Bertz CT molecular complexity index is 668. The number of rotatable bonds is 4. The van der Waals surface area contributed by atoms with Crippen LogP contribution in [0.25, 0.3) is 0 Å². The summed E-state index contributed by atoms with van der Waals surface area (Å²) in [5, 5.41) is 0. The average molecular weight is 324 g/mol. The summed E-state index contributed by atoms with van der Waals surface area (Å²) < 4.78 is 27.6. The van der Waals surface area contributed by atoms with Crippen molar-refractivity contribution < 1.29 is 13.2 Å². The second-order valence-corrected chi connectivity index (χ2v) is 7.93. The van der Waals surface area contributed by atoms with Crippen LogP contribution in [-0.2, 0) is 21.2 Å². The molecule has 2 rings (SSSR count). The molecule has 1 unspecified atom stereocenters. The average Bonchev–Trinajstić information content (AvgIpc) is 2.45. The van der Waals surface area contributed by atoms with Crippen LogP contribution in [0.2, 0.25) is 0 Å². The number of hydrogen-bond acceptors (Lipinski definition) is 3. The van der Waals surface area contributed by atoms with Gasteiger partial charge in [-0.25, -0.2) is 13.1 Å². The van der Waals surface area contributed by atoms with Crippen molar-refractivity contribution in [1.29, 1.82) is 0 Å². The molecule has 0 bridgehead atoms. The number of sulfonamides is 1. The molecule has 1 N–H and O–H groups in total. The zero-order valence-corrected chi connectivity index (χ0v) is 14.4. The van der Waals surface area contributed by atoms with E-state index >= 15 is 0 Å². The molecule has 1 aromatic carbocycles. The van der Waals surface area contributed by atoms with Gasteiger partial charge in [0, 0.05) is 25.2 Å². The lowest BCUT2D eigenvalue weighted by molar-refractivity contribution is -0.116. The van der Waals surface area contributed by atoms with Crippen LogP contribution in [0, 0.1) is 5.92 Å². The van der Waals surface area contributed by atoms with E-state index in [1.807, 2.05) is 20.8 Å². The molecule has 1 aliphatic heterocycles. The Balaban J connectivity index is 2.33. The van der Waals surface area contributed by atoms with E-state index in [0.717, 1.165) is 24.1 Å². The lowest BCUT2D eigenvalue weighted by Gasteiger charge is -2.29. The smallest absolute Gasteiger partial charge is 0.240 e. The van der Waals surface area contributed by atoms with Gasteiger partial charge in [0.05, 0.1) is 4.90 Å². The first-order valence-corrected chi connectivity index (χ1v) is 9.14. The minimum atomic E-state index is -3.53. The van der Waals surface area contributed by atoms with E-state index in [9.17, 15) is 13.2 Å². The quantitative estimate of drug-likeness (QED) is 0.924. The molecule has 1 aliphatic rings. The summed E-state index contributed by atoms with van der Waals surface area (Å²) in [4.78, 5) is 13.6. The molecule has 1 amide bonds. The maximum absolute atomic E-state index is 12.5. The van der Waals surface area contributed by atoms with Crippen LogP contribution < -0.4 is 9.62 Å². The first-order valence-electron chi connectivity index (χ1n) is 7.65. The molecule has 0 saturated heterocycles. The number of amides is 1. The molecule has 5 nitrogen and oxygen atoms in total. The van der Waals surface area contributed by atoms with Gasteiger partial charge in [-0.05, 0) is 49.4 Å². The number of aryl methyl sites for hydroxylation is 1. The molecule has 1 heterocycles. The van der Waals surface area contributed by atoms with Gasteiger partial charge in [-0.1, -0.05) is 13.8 Å². The first-order chi connectivity index (χ1) is 10.2. The van der Waals surface area contributed by atoms with Crippen LogP contribution in [0.1, 0.15) is 39.7 Å². The summed E-state index contributed by atoms with van der Waals surface area (Å²) in [5.74, 6) is 0.212. The predicted molar refractivity (Wildman–Crippen MR) is 87.4 cm³/mol. The molecule has 122 valence electrons. The highest BCUT2D eigenvalue weighted by molar-refractivity contribution is 7.89. The van der Waals surface area contributed by atoms with Gasteiger partial charge in [-0.3, -0.25) is 4.79 Å². The number of anilines is 1. The summed E-state index contributed by atoms with van der Waals surface area (Å²) >= 11 is 0. The molecule has 1 atom stereocenters. The first kappa shape index (κ1) is 17.0. The number of nitrogens with zero attached hydrogens (tertiary/aromatic N) is 1. The number of fused-ring (bicyclic) bond motifs is 1. The normalized spacial score (nSPS) is 16.5. The van der Waals surface area contributed by atoms with E-state index in [4.69, 9.17) is 0 Å². The Morgan fingerprint density at radius 1 is 1.27 bits per heavy atom. The van der Waals surface area contributed by atoms with Crippen LogP contribution >= 0.6 is 0 Å². The second kappa shape index (κ2) is 6.38. The highest BCUT2D eigenvalue weighted by Gasteiger charge is 2.24. The second-order valence-electron chi connectivity index (χ2n) is 6.22. The molecular weight excluding hydrogens is 300 g/mol. The Morgan fingerprint density at radius 2 is 1.95 bits per heavy atom. The zero-order chi connectivity index (χ0) is 16.5. The van der Waals surface area contributed by atoms with Crippen molar-refractivity contribution in [3.8, 4) is 0 Å². The molecule has 0 aliphatic carbocycles. The standard InChI is InChI=1S/C16H24N2O3S/c1-11(2)12(3)17-22(20,21)15-7-8-16-14(10-15)6-5-9-18(16)13(4)19/h7-8,10-12,17H,5-6,9H2,1-4H3. The van der Waals surface area contributed by atoms with Crippen molar-refractivity contribution in [3.63, 3.8) is 0 Å². The monoisotopic (exact) mass is 324 g/mol. The highest BCUT2D eigenvalue weighted by atomic mass is 32.2. The topological polar surface area (TPSA) is 66.5 Å².